The number of benzene rings is 2. The second-order valence-corrected chi connectivity index (χ2v) is 9.55. The molecule has 1 aromatic heterocycles. The van der Waals surface area contributed by atoms with Crippen molar-refractivity contribution in [3.8, 4) is 0 Å². The number of aromatic nitrogens is 1. The number of allylic oxidation sites excluding steroid dienone is 1. The molecule has 2 aromatic carbocycles. The first-order chi connectivity index (χ1) is 16.4. The van der Waals surface area contributed by atoms with Crippen molar-refractivity contribution in [3.05, 3.63) is 81.7 Å². The van der Waals surface area contributed by atoms with Crippen molar-refractivity contribution in [2.75, 3.05) is 31.1 Å². The number of alkyl halides is 1. The Hall–Kier alpha value is -2.76. The molecule has 1 aliphatic rings. The molecule has 0 aliphatic carbocycles. The SMILES string of the molecule is C/C(ON)=C(\C(=O)N1CCN(c2ccc(N=O)cc2Cl)CC1)C(I)c1cccc2cnccc12. The number of fused-ring (bicyclic) bond motifs is 1. The number of piperazine rings is 1. The van der Waals surface area contributed by atoms with E-state index >= 15 is 0 Å². The van der Waals surface area contributed by atoms with Crippen molar-refractivity contribution in [1.82, 2.24) is 9.88 Å². The van der Waals surface area contributed by atoms with Crippen LogP contribution in [0.15, 0.2) is 71.4 Å². The van der Waals surface area contributed by atoms with Gasteiger partial charge in [0.2, 0.25) is 0 Å². The van der Waals surface area contributed by atoms with E-state index in [4.69, 9.17) is 22.3 Å². The Labute approximate surface area is 215 Å². The lowest BCUT2D eigenvalue weighted by molar-refractivity contribution is -0.127. The molecule has 8 nitrogen and oxygen atoms in total. The van der Waals surface area contributed by atoms with Crippen molar-refractivity contribution >= 4 is 62.2 Å². The average molecular weight is 592 g/mol. The van der Waals surface area contributed by atoms with Gasteiger partial charge in [-0.05, 0) is 47.3 Å². The maximum Gasteiger partial charge on any atom is 0.254 e. The van der Waals surface area contributed by atoms with Gasteiger partial charge >= 0.3 is 0 Å². The van der Waals surface area contributed by atoms with Crippen molar-refractivity contribution in [2.45, 2.75) is 10.8 Å². The quantitative estimate of drug-likeness (QED) is 0.105. The number of halogens is 2. The fourth-order valence-electron chi connectivity index (χ4n) is 4.15. The Morgan fingerprint density at radius 2 is 1.97 bits per heavy atom. The molecular weight excluding hydrogens is 569 g/mol. The summed E-state index contributed by atoms with van der Waals surface area (Å²) >= 11 is 8.61. The first kappa shape index (κ1) is 24.4. The number of carbonyl (C=O) groups excluding carboxylic acids is 1. The van der Waals surface area contributed by atoms with E-state index in [0.717, 1.165) is 22.0 Å². The smallest absolute Gasteiger partial charge is 0.254 e. The van der Waals surface area contributed by atoms with E-state index < -0.39 is 0 Å². The fourth-order valence-corrected chi connectivity index (χ4v) is 5.70. The zero-order valence-corrected chi connectivity index (χ0v) is 21.4. The highest BCUT2D eigenvalue weighted by molar-refractivity contribution is 14.1. The zero-order chi connectivity index (χ0) is 24.2. The highest BCUT2D eigenvalue weighted by Gasteiger charge is 2.31. The summed E-state index contributed by atoms with van der Waals surface area (Å²) in [7, 11) is 0. The van der Waals surface area contributed by atoms with Crippen LogP contribution in [-0.2, 0) is 9.63 Å². The summed E-state index contributed by atoms with van der Waals surface area (Å²) < 4.78 is -0.268. The van der Waals surface area contributed by atoms with Gasteiger partial charge < -0.3 is 14.6 Å². The molecule has 1 saturated heterocycles. The normalized spacial score (nSPS) is 15.6. The number of rotatable bonds is 6. The number of carbonyl (C=O) groups is 1. The minimum absolute atomic E-state index is 0.111. The second kappa shape index (κ2) is 10.7. The predicted molar refractivity (Wildman–Crippen MR) is 142 cm³/mol. The molecule has 1 amide bonds. The van der Waals surface area contributed by atoms with Gasteiger partial charge in [0.1, 0.15) is 11.4 Å². The summed E-state index contributed by atoms with van der Waals surface area (Å²) in [5.41, 5.74) is 2.61. The Morgan fingerprint density at radius 3 is 2.65 bits per heavy atom. The van der Waals surface area contributed by atoms with E-state index in [1.54, 1.807) is 31.3 Å². The molecule has 4 rings (SSSR count). The fraction of sp³-hybridized carbons (Fsp3) is 0.250. The molecule has 176 valence electrons. The summed E-state index contributed by atoms with van der Waals surface area (Å²) in [4.78, 5) is 37.6. The molecule has 0 bridgehead atoms. The van der Waals surface area contributed by atoms with E-state index in [1.165, 1.54) is 0 Å². The first-order valence-corrected chi connectivity index (χ1v) is 12.3. The van der Waals surface area contributed by atoms with E-state index in [-0.39, 0.29) is 15.5 Å². The molecular formula is C24H23ClIN5O3. The lowest BCUT2D eigenvalue weighted by atomic mass is 9.97. The van der Waals surface area contributed by atoms with Crippen molar-refractivity contribution in [1.29, 1.82) is 0 Å². The first-order valence-electron chi connectivity index (χ1n) is 10.7. The topological polar surface area (TPSA) is 101 Å². The Morgan fingerprint density at radius 1 is 1.21 bits per heavy atom. The molecule has 34 heavy (non-hydrogen) atoms. The molecule has 2 N–H and O–H groups in total. The van der Waals surface area contributed by atoms with Crippen LogP contribution in [0.4, 0.5) is 11.4 Å². The van der Waals surface area contributed by atoms with Gasteiger partial charge in [-0.25, -0.2) is 0 Å². The van der Waals surface area contributed by atoms with Crippen LogP contribution < -0.4 is 10.8 Å². The number of pyridine rings is 1. The van der Waals surface area contributed by atoms with Crippen molar-refractivity contribution in [2.24, 2.45) is 11.1 Å². The standard InChI is InChI=1S/C24H23ClIN5O3/c1-15(34-27)22(23(26)19-4-2-3-16-14-28-8-7-18(16)19)24(32)31-11-9-30(10-12-31)21-6-5-17(29-33)13-20(21)25/h2-8,13-14,23H,9-12,27H2,1H3/b22-15+. The third kappa shape index (κ3) is 4.86. The third-order valence-corrected chi connectivity index (χ3v) is 7.57. The monoisotopic (exact) mass is 591 g/mol. The van der Waals surface area contributed by atoms with Gasteiger partial charge in [0.15, 0.2) is 0 Å². The summed E-state index contributed by atoms with van der Waals surface area (Å²) in [6, 6.07) is 12.9. The maximum atomic E-state index is 13.7. The predicted octanol–water partition coefficient (Wildman–Crippen LogP) is 5.28. The summed E-state index contributed by atoms with van der Waals surface area (Å²) in [6.45, 7) is 3.92. The van der Waals surface area contributed by atoms with Gasteiger partial charge in [-0.3, -0.25) is 9.78 Å². The number of amides is 1. The van der Waals surface area contributed by atoms with Crippen molar-refractivity contribution < 1.29 is 9.63 Å². The van der Waals surface area contributed by atoms with Crippen LogP contribution in [0, 0.1) is 4.91 Å². The summed E-state index contributed by atoms with van der Waals surface area (Å²) in [5, 5.41) is 5.41. The van der Waals surface area contributed by atoms with Crippen LogP contribution in [0.2, 0.25) is 5.02 Å². The maximum absolute atomic E-state index is 13.7. The van der Waals surface area contributed by atoms with E-state index in [1.807, 2.05) is 35.4 Å². The highest BCUT2D eigenvalue weighted by atomic mass is 127. The molecule has 10 heteroatoms. The highest BCUT2D eigenvalue weighted by Crippen LogP contribution is 2.38. The van der Waals surface area contributed by atoms with Crippen LogP contribution in [0.5, 0.6) is 0 Å². The number of hydrogen-bond acceptors (Lipinski definition) is 7. The number of hydrogen-bond donors (Lipinski definition) is 1. The number of nitroso groups, excluding NO2 is 1. The van der Waals surface area contributed by atoms with Crippen LogP contribution in [-0.4, -0.2) is 42.0 Å². The average Bonchev–Trinajstić information content (AvgIpc) is 2.88. The number of nitrogens with zero attached hydrogens (tertiary/aromatic N) is 4. The minimum atomic E-state index is -0.268. The van der Waals surface area contributed by atoms with Crippen LogP contribution >= 0.6 is 34.2 Å². The molecule has 1 unspecified atom stereocenters. The van der Waals surface area contributed by atoms with Gasteiger partial charge in [0, 0.05) is 44.0 Å². The molecule has 2 heterocycles. The largest absolute Gasteiger partial charge is 0.416 e. The number of nitrogens with two attached hydrogens (primary N) is 1. The third-order valence-electron chi connectivity index (χ3n) is 5.97. The van der Waals surface area contributed by atoms with Crippen molar-refractivity contribution in [3.63, 3.8) is 0 Å². The minimum Gasteiger partial charge on any atom is -0.416 e. The Balaban J connectivity index is 1.56. The summed E-state index contributed by atoms with van der Waals surface area (Å²) in [6.07, 6.45) is 3.55. The van der Waals surface area contributed by atoms with E-state index in [2.05, 4.69) is 37.7 Å². The second-order valence-electron chi connectivity index (χ2n) is 7.90. The van der Waals surface area contributed by atoms with Gasteiger partial charge in [-0.2, -0.15) is 5.90 Å². The molecule has 0 saturated carbocycles. The molecule has 1 fully saturated rings. The Bertz CT molecular complexity index is 1260. The van der Waals surface area contributed by atoms with E-state index in [0.29, 0.717) is 42.5 Å². The lowest BCUT2D eigenvalue weighted by Gasteiger charge is -2.37. The van der Waals surface area contributed by atoms with Crippen LogP contribution in [0.25, 0.3) is 10.8 Å². The lowest BCUT2D eigenvalue weighted by Crippen LogP contribution is -2.49. The van der Waals surface area contributed by atoms with Gasteiger partial charge in [-0.1, -0.05) is 52.4 Å². The number of anilines is 1. The van der Waals surface area contributed by atoms with E-state index in [9.17, 15) is 9.70 Å². The molecule has 3 aromatic rings. The molecule has 1 atom stereocenters. The molecule has 0 radical (unpaired) electrons. The molecule has 0 spiro atoms. The van der Waals surface area contributed by atoms with Gasteiger partial charge in [0.05, 0.1) is 20.2 Å². The van der Waals surface area contributed by atoms with Crippen LogP contribution in [0.1, 0.15) is 16.4 Å². The van der Waals surface area contributed by atoms with Gasteiger partial charge in [0.25, 0.3) is 5.91 Å². The van der Waals surface area contributed by atoms with Gasteiger partial charge in [-0.15, -0.1) is 4.91 Å². The van der Waals surface area contributed by atoms with Crippen LogP contribution in [0.3, 0.4) is 0 Å². The molecule has 1 aliphatic heterocycles. The summed E-state index contributed by atoms with van der Waals surface area (Å²) in [5.74, 6) is 5.79. The zero-order valence-electron chi connectivity index (χ0n) is 18.4. The Kier molecular flexibility index (Phi) is 7.64.